The van der Waals surface area contributed by atoms with Gasteiger partial charge in [-0.3, -0.25) is 0 Å². The van der Waals surface area contributed by atoms with E-state index < -0.39 is 0 Å². The molecule has 3 heteroatoms. The average Bonchev–Trinajstić information content (AvgIpc) is 2.32. The zero-order chi connectivity index (χ0) is 12.4. The molecule has 0 amide bonds. The summed E-state index contributed by atoms with van der Waals surface area (Å²) in [5.41, 5.74) is 9.18. The van der Waals surface area contributed by atoms with Gasteiger partial charge in [0.2, 0.25) is 0 Å². The molecule has 0 saturated carbocycles. The Bertz CT molecular complexity index is 552. The van der Waals surface area contributed by atoms with Crippen molar-refractivity contribution >= 4 is 11.6 Å². The van der Waals surface area contributed by atoms with Crippen LogP contribution in [0.4, 0.5) is 0 Å². The van der Waals surface area contributed by atoms with Crippen LogP contribution in [0.5, 0.6) is 5.75 Å². The first-order valence-corrected chi connectivity index (χ1v) is 5.78. The van der Waals surface area contributed by atoms with Crippen molar-refractivity contribution in [2.75, 3.05) is 0 Å². The van der Waals surface area contributed by atoms with E-state index in [1.165, 1.54) is 0 Å². The summed E-state index contributed by atoms with van der Waals surface area (Å²) >= 11 is 6.20. The van der Waals surface area contributed by atoms with E-state index in [0.29, 0.717) is 11.6 Å². The Morgan fingerprint density at radius 2 is 1.88 bits per heavy atom. The molecule has 0 unspecified atom stereocenters. The highest BCUT2D eigenvalue weighted by Crippen LogP contribution is 2.35. The molecule has 0 spiro atoms. The van der Waals surface area contributed by atoms with Gasteiger partial charge in [0.15, 0.2) is 0 Å². The Kier molecular flexibility index (Phi) is 3.36. The molecule has 0 bridgehead atoms. The summed E-state index contributed by atoms with van der Waals surface area (Å²) in [5.74, 6) is 0.234. The predicted molar refractivity (Wildman–Crippen MR) is 71.2 cm³/mol. The van der Waals surface area contributed by atoms with Gasteiger partial charge in [0.25, 0.3) is 0 Å². The molecule has 2 nitrogen and oxygen atoms in total. The van der Waals surface area contributed by atoms with Crippen LogP contribution < -0.4 is 5.73 Å². The monoisotopic (exact) mass is 247 g/mol. The van der Waals surface area contributed by atoms with Gasteiger partial charge < -0.3 is 10.8 Å². The largest absolute Gasteiger partial charge is 0.507 e. The fourth-order valence-corrected chi connectivity index (χ4v) is 2.07. The number of aromatic hydroxyl groups is 1. The Morgan fingerprint density at radius 1 is 1.12 bits per heavy atom. The maximum absolute atomic E-state index is 9.86. The van der Waals surface area contributed by atoms with Crippen LogP contribution in [0.2, 0.25) is 5.02 Å². The molecule has 2 rings (SSSR count). The van der Waals surface area contributed by atoms with Gasteiger partial charge in [0.05, 0.1) is 0 Å². The second-order valence-electron chi connectivity index (χ2n) is 4.04. The summed E-state index contributed by atoms with van der Waals surface area (Å²) < 4.78 is 0. The minimum atomic E-state index is 0.234. The summed E-state index contributed by atoms with van der Waals surface area (Å²) in [6.45, 7) is 2.44. The highest BCUT2D eigenvalue weighted by atomic mass is 35.5. The molecule has 88 valence electrons. The first-order valence-electron chi connectivity index (χ1n) is 5.40. The van der Waals surface area contributed by atoms with Crippen molar-refractivity contribution < 1.29 is 5.11 Å². The summed E-state index contributed by atoms with van der Waals surface area (Å²) in [6.07, 6.45) is 0. The van der Waals surface area contributed by atoms with Gasteiger partial charge >= 0.3 is 0 Å². The Balaban J connectivity index is 2.56. The number of rotatable bonds is 2. The van der Waals surface area contributed by atoms with Crippen molar-refractivity contribution in [1.29, 1.82) is 0 Å². The van der Waals surface area contributed by atoms with E-state index in [-0.39, 0.29) is 5.75 Å². The highest BCUT2D eigenvalue weighted by molar-refractivity contribution is 6.33. The molecule has 3 N–H and O–H groups in total. The second-order valence-corrected chi connectivity index (χ2v) is 4.45. The SMILES string of the molecule is Cc1ccc(O)c(-c2ccc(CN)cc2Cl)c1. The molecule has 0 aliphatic carbocycles. The number of aryl methyl sites for hydroxylation is 1. The molecule has 0 aromatic heterocycles. The van der Waals surface area contributed by atoms with Crippen molar-refractivity contribution in [3.8, 4) is 16.9 Å². The molecular weight excluding hydrogens is 234 g/mol. The van der Waals surface area contributed by atoms with Crippen molar-refractivity contribution in [1.82, 2.24) is 0 Å². The molecule has 2 aromatic rings. The van der Waals surface area contributed by atoms with E-state index in [4.69, 9.17) is 17.3 Å². The lowest BCUT2D eigenvalue weighted by Gasteiger charge is -2.09. The van der Waals surface area contributed by atoms with Crippen LogP contribution in [0.15, 0.2) is 36.4 Å². The maximum atomic E-state index is 9.86. The Labute approximate surface area is 106 Å². The van der Waals surface area contributed by atoms with E-state index in [9.17, 15) is 5.11 Å². The van der Waals surface area contributed by atoms with Gasteiger partial charge in [-0.15, -0.1) is 0 Å². The summed E-state index contributed by atoms with van der Waals surface area (Å²) in [4.78, 5) is 0. The second kappa shape index (κ2) is 4.78. The highest BCUT2D eigenvalue weighted by Gasteiger charge is 2.08. The molecule has 17 heavy (non-hydrogen) atoms. The van der Waals surface area contributed by atoms with E-state index in [1.807, 2.05) is 37.3 Å². The molecular formula is C14H14ClNO. The minimum absolute atomic E-state index is 0.234. The number of phenolic OH excluding ortho intramolecular Hbond substituents is 1. The van der Waals surface area contributed by atoms with E-state index in [0.717, 1.165) is 22.3 Å². The number of hydrogen-bond donors (Lipinski definition) is 2. The normalized spacial score (nSPS) is 10.5. The predicted octanol–water partition coefficient (Wildman–Crippen LogP) is 3.48. The molecule has 2 aromatic carbocycles. The third-order valence-corrected chi connectivity index (χ3v) is 3.02. The van der Waals surface area contributed by atoms with Crippen LogP contribution in [-0.2, 0) is 6.54 Å². The van der Waals surface area contributed by atoms with Gasteiger partial charge in [-0.2, -0.15) is 0 Å². The minimum Gasteiger partial charge on any atom is -0.507 e. The zero-order valence-corrected chi connectivity index (χ0v) is 10.3. The van der Waals surface area contributed by atoms with Gasteiger partial charge in [0, 0.05) is 22.7 Å². The average molecular weight is 248 g/mol. The first-order chi connectivity index (χ1) is 8.11. The van der Waals surface area contributed by atoms with Crippen LogP contribution in [0.3, 0.4) is 0 Å². The Morgan fingerprint density at radius 3 is 2.53 bits per heavy atom. The van der Waals surface area contributed by atoms with Gasteiger partial charge in [0.1, 0.15) is 5.75 Å². The van der Waals surface area contributed by atoms with Crippen LogP contribution in [-0.4, -0.2) is 5.11 Å². The summed E-state index contributed by atoms with van der Waals surface area (Å²) in [6, 6.07) is 11.1. The third-order valence-electron chi connectivity index (χ3n) is 2.71. The zero-order valence-electron chi connectivity index (χ0n) is 9.57. The van der Waals surface area contributed by atoms with Gasteiger partial charge in [-0.1, -0.05) is 35.4 Å². The first kappa shape index (κ1) is 12.0. The molecule has 0 atom stereocenters. The smallest absolute Gasteiger partial charge is 0.123 e. The van der Waals surface area contributed by atoms with Gasteiger partial charge in [-0.25, -0.2) is 0 Å². The van der Waals surface area contributed by atoms with E-state index in [1.54, 1.807) is 6.07 Å². The molecule has 0 aliphatic heterocycles. The number of phenols is 1. The molecule has 0 saturated heterocycles. The fraction of sp³-hybridized carbons (Fsp3) is 0.143. The number of benzene rings is 2. The quantitative estimate of drug-likeness (QED) is 0.854. The van der Waals surface area contributed by atoms with Crippen LogP contribution in [0.1, 0.15) is 11.1 Å². The lowest BCUT2D eigenvalue weighted by molar-refractivity contribution is 0.477. The number of halogens is 1. The van der Waals surface area contributed by atoms with Crippen molar-refractivity contribution in [3.05, 3.63) is 52.5 Å². The van der Waals surface area contributed by atoms with Crippen LogP contribution in [0, 0.1) is 6.92 Å². The molecule has 0 radical (unpaired) electrons. The topological polar surface area (TPSA) is 46.2 Å². The van der Waals surface area contributed by atoms with Crippen LogP contribution >= 0.6 is 11.6 Å². The maximum Gasteiger partial charge on any atom is 0.123 e. The van der Waals surface area contributed by atoms with E-state index >= 15 is 0 Å². The van der Waals surface area contributed by atoms with Crippen molar-refractivity contribution in [2.24, 2.45) is 5.73 Å². The van der Waals surface area contributed by atoms with Crippen molar-refractivity contribution in [3.63, 3.8) is 0 Å². The summed E-state index contributed by atoms with van der Waals surface area (Å²) in [5, 5.41) is 10.5. The number of hydrogen-bond acceptors (Lipinski definition) is 2. The standard InChI is InChI=1S/C14H14ClNO/c1-9-2-5-14(17)12(6-9)11-4-3-10(8-16)7-13(11)15/h2-7,17H,8,16H2,1H3. The molecule has 0 fully saturated rings. The van der Waals surface area contributed by atoms with Crippen LogP contribution in [0.25, 0.3) is 11.1 Å². The number of nitrogens with two attached hydrogens (primary N) is 1. The van der Waals surface area contributed by atoms with E-state index in [2.05, 4.69) is 0 Å². The van der Waals surface area contributed by atoms with Crippen molar-refractivity contribution in [2.45, 2.75) is 13.5 Å². The molecule has 0 aliphatic rings. The molecule has 0 heterocycles. The Hall–Kier alpha value is -1.51. The van der Waals surface area contributed by atoms with Gasteiger partial charge in [-0.05, 0) is 30.7 Å². The lowest BCUT2D eigenvalue weighted by atomic mass is 10.0. The lowest BCUT2D eigenvalue weighted by Crippen LogP contribution is -1.96. The summed E-state index contributed by atoms with van der Waals surface area (Å²) in [7, 11) is 0. The third kappa shape index (κ3) is 2.43. The fourth-order valence-electron chi connectivity index (χ4n) is 1.77.